The van der Waals surface area contributed by atoms with E-state index in [2.05, 4.69) is 22.6 Å². The van der Waals surface area contributed by atoms with Gasteiger partial charge in [-0.2, -0.15) is 0 Å². The van der Waals surface area contributed by atoms with Crippen LogP contribution in [0.4, 0.5) is 0 Å². The van der Waals surface area contributed by atoms with E-state index in [-0.39, 0.29) is 11.9 Å². The third-order valence-electron chi connectivity index (χ3n) is 4.70. The lowest BCUT2D eigenvalue weighted by molar-refractivity contribution is -0.148. The third kappa shape index (κ3) is 4.44. The van der Waals surface area contributed by atoms with E-state index in [0.29, 0.717) is 36.8 Å². The first kappa shape index (κ1) is 20.1. The minimum Gasteiger partial charge on any atom is -0.468 e. The summed E-state index contributed by atoms with van der Waals surface area (Å²) in [5, 5.41) is 0.533. The summed E-state index contributed by atoms with van der Waals surface area (Å²) in [7, 11) is 1.38. The number of piperazine rings is 1. The summed E-state index contributed by atoms with van der Waals surface area (Å²) in [6.07, 6.45) is 0. The Hall–Kier alpha value is -1.64. The summed E-state index contributed by atoms with van der Waals surface area (Å²) in [4.78, 5) is 29.1. The van der Waals surface area contributed by atoms with Gasteiger partial charge in [0.2, 0.25) is 0 Å². The van der Waals surface area contributed by atoms with Crippen molar-refractivity contribution in [3.8, 4) is 0 Å². The van der Waals surface area contributed by atoms with E-state index in [9.17, 15) is 9.59 Å². The topological polar surface area (TPSA) is 49.9 Å². The molecule has 27 heavy (non-hydrogen) atoms. The Morgan fingerprint density at radius 1 is 1.04 bits per heavy atom. The fourth-order valence-electron chi connectivity index (χ4n) is 3.27. The molecular formula is C20H20ClIN2O3. The Morgan fingerprint density at radius 3 is 2.30 bits per heavy atom. The minimum absolute atomic E-state index is 0.0204. The second-order valence-corrected chi connectivity index (χ2v) is 7.82. The largest absolute Gasteiger partial charge is 0.468 e. The number of ether oxygens (including phenoxy) is 1. The van der Waals surface area contributed by atoms with Crippen LogP contribution in [0.3, 0.4) is 0 Å². The molecule has 5 nitrogen and oxygen atoms in total. The molecule has 3 rings (SSSR count). The maximum Gasteiger partial charge on any atom is 0.327 e. The first-order chi connectivity index (χ1) is 13.0. The number of methoxy groups -OCH3 is 1. The number of hydrogen-bond donors (Lipinski definition) is 0. The molecular weight excluding hydrogens is 479 g/mol. The van der Waals surface area contributed by atoms with Gasteiger partial charge in [-0.1, -0.05) is 41.9 Å². The second-order valence-electron chi connectivity index (χ2n) is 6.26. The molecule has 7 heteroatoms. The van der Waals surface area contributed by atoms with E-state index in [0.717, 1.165) is 9.13 Å². The number of esters is 1. The van der Waals surface area contributed by atoms with E-state index in [1.54, 1.807) is 6.07 Å². The normalized spacial score (nSPS) is 16.0. The van der Waals surface area contributed by atoms with Gasteiger partial charge in [-0.05, 0) is 46.4 Å². The quantitative estimate of drug-likeness (QED) is 0.477. The highest BCUT2D eigenvalue weighted by Crippen LogP contribution is 2.29. The van der Waals surface area contributed by atoms with Crippen molar-refractivity contribution < 1.29 is 14.3 Å². The zero-order chi connectivity index (χ0) is 19.4. The van der Waals surface area contributed by atoms with Gasteiger partial charge < -0.3 is 9.64 Å². The minimum atomic E-state index is -0.571. The van der Waals surface area contributed by atoms with Gasteiger partial charge in [-0.3, -0.25) is 9.69 Å². The Kier molecular flexibility index (Phi) is 6.73. The van der Waals surface area contributed by atoms with Crippen molar-refractivity contribution in [2.24, 2.45) is 0 Å². The van der Waals surface area contributed by atoms with Gasteiger partial charge in [0, 0.05) is 34.8 Å². The third-order valence-corrected chi connectivity index (χ3v) is 5.98. The number of rotatable bonds is 4. The summed E-state index contributed by atoms with van der Waals surface area (Å²) in [6, 6.07) is 14.3. The number of carbonyl (C=O) groups is 2. The molecule has 1 fully saturated rings. The monoisotopic (exact) mass is 498 g/mol. The van der Waals surface area contributed by atoms with Gasteiger partial charge in [0.05, 0.1) is 12.7 Å². The smallest absolute Gasteiger partial charge is 0.327 e. The molecule has 0 spiro atoms. The molecule has 1 saturated heterocycles. The van der Waals surface area contributed by atoms with Crippen molar-refractivity contribution in [2.75, 3.05) is 33.3 Å². The van der Waals surface area contributed by atoms with Crippen LogP contribution in [-0.4, -0.2) is 55.0 Å². The van der Waals surface area contributed by atoms with Crippen molar-refractivity contribution in [2.45, 2.75) is 6.04 Å². The van der Waals surface area contributed by atoms with Gasteiger partial charge in [0.15, 0.2) is 0 Å². The molecule has 0 aliphatic carbocycles. The lowest BCUT2D eigenvalue weighted by atomic mass is 10.0. The Labute approximate surface area is 177 Å². The SMILES string of the molecule is COC(=O)C(c1ccccc1Cl)N1CCN(C(=O)c2ccccc2I)CC1. The van der Waals surface area contributed by atoms with Crippen molar-refractivity contribution in [3.05, 3.63) is 68.3 Å². The standard InChI is InChI=1S/C20H20ClIN2O3/c1-27-20(26)18(14-6-2-4-8-16(14)21)23-10-12-24(13-11-23)19(25)15-7-3-5-9-17(15)22/h2-9,18H,10-13H2,1H3. The summed E-state index contributed by atoms with van der Waals surface area (Å²) < 4.78 is 5.95. The van der Waals surface area contributed by atoms with Crippen LogP contribution < -0.4 is 0 Å². The zero-order valence-corrected chi connectivity index (χ0v) is 17.8. The van der Waals surface area contributed by atoms with Gasteiger partial charge in [0.25, 0.3) is 5.91 Å². The molecule has 1 amide bonds. The van der Waals surface area contributed by atoms with E-state index in [1.807, 2.05) is 52.3 Å². The van der Waals surface area contributed by atoms with E-state index >= 15 is 0 Å². The van der Waals surface area contributed by atoms with Crippen LogP contribution in [0.5, 0.6) is 0 Å². The van der Waals surface area contributed by atoms with Gasteiger partial charge in [0.1, 0.15) is 6.04 Å². The summed E-state index contributed by atoms with van der Waals surface area (Å²) >= 11 is 8.49. The number of hydrogen-bond acceptors (Lipinski definition) is 4. The molecule has 0 N–H and O–H groups in total. The molecule has 1 atom stereocenters. The molecule has 1 heterocycles. The maximum atomic E-state index is 12.8. The summed E-state index contributed by atoms with van der Waals surface area (Å²) in [6.45, 7) is 2.23. The number of halogens is 2. The predicted octanol–water partition coefficient (Wildman–Crippen LogP) is 3.62. The van der Waals surface area contributed by atoms with Crippen molar-refractivity contribution in [3.63, 3.8) is 0 Å². The first-order valence-corrected chi connectivity index (χ1v) is 10.1. The van der Waals surface area contributed by atoms with Crippen LogP contribution in [0.1, 0.15) is 22.0 Å². The number of benzene rings is 2. The molecule has 1 aliphatic heterocycles. The Bertz CT molecular complexity index is 837. The van der Waals surface area contributed by atoms with Crippen LogP contribution in [0.15, 0.2) is 48.5 Å². The molecule has 0 aromatic heterocycles. The molecule has 0 bridgehead atoms. The molecule has 142 valence electrons. The van der Waals surface area contributed by atoms with Crippen molar-refractivity contribution >= 4 is 46.1 Å². The van der Waals surface area contributed by atoms with Crippen molar-refractivity contribution in [1.82, 2.24) is 9.80 Å². The number of amides is 1. The highest BCUT2D eigenvalue weighted by atomic mass is 127. The van der Waals surface area contributed by atoms with Gasteiger partial charge in [-0.15, -0.1) is 0 Å². The second kappa shape index (κ2) is 9.03. The fourth-order valence-corrected chi connectivity index (χ4v) is 4.13. The molecule has 0 saturated carbocycles. The van der Waals surface area contributed by atoms with Gasteiger partial charge in [-0.25, -0.2) is 4.79 Å². The molecule has 2 aromatic carbocycles. The molecule has 2 aromatic rings. The van der Waals surface area contributed by atoms with Crippen LogP contribution in [0.2, 0.25) is 5.02 Å². The number of carbonyl (C=O) groups excluding carboxylic acids is 2. The summed E-state index contributed by atoms with van der Waals surface area (Å²) in [5.74, 6) is -0.326. The molecule has 0 radical (unpaired) electrons. The van der Waals surface area contributed by atoms with E-state index in [4.69, 9.17) is 16.3 Å². The lowest BCUT2D eigenvalue weighted by Gasteiger charge is -2.38. The average Bonchev–Trinajstić information content (AvgIpc) is 2.70. The predicted molar refractivity (Wildman–Crippen MR) is 113 cm³/mol. The van der Waals surface area contributed by atoms with E-state index < -0.39 is 6.04 Å². The van der Waals surface area contributed by atoms with Crippen molar-refractivity contribution in [1.29, 1.82) is 0 Å². The fraction of sp³-hybridized carbons (Fsp3) is 0.300. The first-order valence-electron chi connectivity index (χ1n) is 8.63. The summed E-state index contributed by atoms with van der Waals surface area (Å²) in [5.41, 5.74) is 1.44. The van der Waals surface area contributed by atoms with E-state index in [1.165, 1.54) is 7.11 Å². The van der Waals surface area contributed by atoms with Crippen LogP contribution >= 0.6 is 34.2 Å². The van der Waals surface area contributed by atoms with Gasteiger partial charge >= 0.3 is 5.97 Å². The molecule has 1 unspecified atom stereocenters. The zero-order valence-electron chi connectivity index (χ0n) is 14.9. The van der Waals surface area contributed by atoms with Crippen LogP contribution in [0.25, 0.3) is 0 Å². The highest BCUT2D eigenvalue weighted by Gasteiger charge is 2.33. The van der Waals surface area contributed by atoms with Crippen LogP contribution in [-0.2, 0) is 9.53 Å². The number of nitrogens with zero attached hydrogens (tertiary/aromatic N) is 2. The average molecular weight is 499 g/mol. The molecule has 1 aliphatic rings. The Balaban J connectivity index is 1.75. The maximum absolute atomic E-state index is 12.8. The van der Waals surface area contributed by atoms with Crippen LogP contribution in [0, 0.1) is 3.57 Å². The Morgan fingerprint density at radius 2 is 1.67 bits per heavy atom. The lowest BCUT2D eigenvalue weighted by Crippen LogP contribution is -2.51. The highest BCUT2D eigenvalue weighted by molar-refractivity contribution is 14.1.